The molecule has 0 radical (unpaired) electrons. The standard InChI is InChI=1S/C15H12F2N4O3S/c16-10-5-11(17)7-13(6-10)25(22,23)21-4-1-12(9-21)24-15-14(8-18)19-2-3-20-15/h2-3,5-7,12H,1,4,9H2. The molecule has 1 aromatic heterocycles. The Balaban J connectivity index is 1.77. The zero-order valence-corrected chi connectivity index (χ0v) is 13.6. The molecule has 3 rings (SSSR count). The van der Waals surface area contributed by atoms with E-state index in [1.807, 2.05) is 6.07 Å². The number of halogens is 2. The maximum absolute atomic E-state index is 13.3. The summed E-state index contributed by atoms with van der Waals surface area (Å²) in [6, 6.07) is 3.97. The van der Waals surface area contributed by atoms with Gasteiger partial charge in [-0.1, -0.05) is 0 Å². The fourth-order valence-corrected chi connectivity index (χ4v) is 4.01. The molecule has 130 valence electrons. The Labute approximate surface area is 142 Å². The predicted octanol–water partition coefficient (Wildman–Crippen LogP) is 1.47. The number of rotatable bonds is 4. The van der Waals surface area contributed by atoms with E-state index in [9.17, 15) is 17.2 Å². The van der Waals surface area contributed by atoms with Gasteiger partial charge in [0, 0.05) is 25.0 Å². The van der Waals surface area contributed by atoms with Gasteiger partial charge in [-0.25, -0.2) is 27.2 Å². The van der Waals surface area contributed by atoms with Crippen molar-refractivity contribution in [2.45, 2.75) is 17.4 Å². The van der Waals surface area contributed by atoms with Crippen LogP contribution in [0.5, 0.6) is 5.88 Å². The summed E-state index contributed by atoms with van der Waals surface area (Å²) in [5, 5.41) is 8.96. The summed E-state index contributed by atoms with van der Waals surface area (Å²) in [7, 11) is -4.05. The van der Waals surface area contributed by atoms with Crippen molar-refractivity contribution in [2.75, 3.05) is 13.1 Å². The van der Waals surface area contributed by atoms with Gasteiger partial charge in [0.2, 0.25) is 15.7 Å². The van der Waals surface area contributed by atoms with Crippen LogP contribution in [0.1, 0.15) is 12.1 Å². The van der Waals surface area contributed by atoms with Crippen molar-refractivity contribution in [3.63, 3.8) is 0 Å². The number of hydrogen-bond acceptors (Lipinski definition) is 6. The molecule has 1 aromatic carbocycles. The smallest absolute Gasteiger partial charge is 0.251 e. The van der Waals surface area contributed by atoms with Crippen molar-refractivity contribution in [2.24, 2.45) is 0 Å². The van der Waals surface area contributed by atoms with E-state index in [0.29, 0.717) is 12.5 Å². The van der Waals surface area contributed by atoms with Crippen LogP contribution >= 0.6 is 0 Å². The lowest BCUT2D eigenvalue weighted by atomic mass is 10.3. The summed E-state index contributed by atoms with van der Waals surface area (Å²) < 4.78 is 58.3. The number of ether oxygens (including phenoxy) is 1. The number of nitrogens with zero attached hydrogens (tertiary/aromatic N) is 4. The zero-order chi connectivity index (χ0) is 18.0. The Hall–Kier alpha value is -2.64. The maximum atomic E-state index is 13.3. The van der Waals surface area contributed by atoms with Gasteiger partial charge in [0.05, 0.1) is 11.4 Å². The average molecular weight is 366 g/mol. The van der Waals surface area contributed by atoms with Crippen molar-refractivity contribution >= 4 is 10.0 Å². The molecule has 10 heteroatoms. The van der Waals surface area contributed by atoms with Crippen LogP contribution in [0.2, 0.25) is 0 Å². The molecule has 0 bridgehead atoms. The van der Waals surface area contributed by atoms with E-state index in [1.54, 1.807) is 0 Å². The normalized spacial score (nSPS) is 18.0. The molecule has 1 aliphatic rings. The molecule has 1 fully saturated rings. The molecular formula is C15H12F2N4O3S. The van der Waals surface area contributed by atoms with Crippen LogP contribution in [0.4, 0.5) is 8.78 Å². The second-order valence-corrected chi connectivity index (χ2v) is 7.26. The minimum absolute atomic E-state index is 0.00370. The molecule has 0 amide bonds. The van der Waals surface area contributed by atoms with E-state index in [4.69, 9.17) is 10.00 Å². The van der Waals surface area contributed by atoms with Crippen molar-refractivity contribution in [3.05, 3.63) is 47.9 Å². The highest BCUT2D eigenvalue weighted by atomic mass is 32.2. The van der Waals surface area contributed by atoms with Gasteiger partial charge in [-0.2, -0.15) is 9.57 Å². The number of hydrogen-bond donors (Lipinski definition) is 0. The van der Waals surface area contributed by atoms with Gasteiger partial charge in [-0.15, -0.1) is 0 Å². The van der Waals surface area contributed by atoms with Crippen LogP contribution in [0.3, 0.4) is 0 Å². The third kappa shape index (κ3) is 3.57. The Kier molecular flexibility index (Phi) is 4.61. The van der Waals surface area contributed by atoms with Gasteiger partial charge in [0.25, 0.3) is 5.88 Å². The van der Waals surface area contributed by atoms with Crippen LogP contribution in [0, 0.1) is 23.0 Å². The molecular weight excluding hydrogens is 354 g/mol. The first kappa shape index (κ1) is 17.2. The highest BCUT2D eigenvalue weighted by Crippen LogP contribution is 2.25. The van der Waals surface area contributed by atoms with E-state index < -0.39 is 32.7 Å². The van der Waals surface area contributed by atoms with Crippen molar-refractivity contribution in [1.82, 2.24) is 14.3 Å². The largest absolute Gasteiger partial charge is 0.471 e. The minimum Gasteiger partial charge on any atom is -0.471 e. The van der Waals surface area contributed by atoms with Crippen molar-refractivity contribution < 1.29 is 21.9 Å². The molecule has 2 heterocycles. The van der Waals surface area contributed by atoms with E-state index in [-0.39, 0.29) is 24.7 Å². The summed E-state index contributed by atoms with van der Waals surface area (Å²) in [4.78, 5) is 7.26. The lowest BCUT2D eigenvalue weighted by Gasteiger charge is -2.17. The molecule has 0 spiro atoms. The molecule has 0 N–H and O–H groups in total. The van der Waals surface area contributed by atoms with Crippen molar-refractivity contribution in [3.8, 4) is 11.9 Å². The van der Waals surface area contributed by atoms with E-state index >= 15 is 0 Å². The molecule has 1 aliphatic heterocycles. The Morgan fingerprint density at radius 1 is 1.20 bits per heavy atom. The number of benzene rings is 1. The summed E-state index contributed by atoms with van der Waals surface area (Å²) >= 11 is 0. The molecule has 1 atom stereocenters. The van der Waals surface area contributed by atoms with Crippen LogP contribution < -0.4 is 4.74 Å². The highest BCUT2D eigenvalue weighted by Gasteiger charge is 2.34. The first-order chi connectivity index (χ1) is 11.9. The van der Waals surface area contributed by atoms with Crippen LogP contribution in [0.25, 0.3) is 0 Å². The lowest BCUT2D eigenvalue weighted by molar-refractivity contribution is 0.205. The average Bonchev–Trinajstić information content (AvgIpc) is 3.04. The number of aromatic nitrogens is 2. The Morgan fingerprint density at radius 2 is 1.88 bits per heavy atom. The topological polar surface area (TPSA) is 96.2 Å². The molecule has 25 heavy (non-hydrogen) atoms. The number of nitriles is 1. The number of sulfonamides is 1. The SMILES string of the molecule is N#Cc1nccnc1OC1CCN(S(=O)(=O)c2cc(F)cc(F)c2)C1. The van der Waals surface area contributed by atoms with Crippen LogP contribution in [-0.4, -0.2) is 41.9 Å². The second-order valence-electron chi connectivity index (χ2n) is 5.32. The van der Waals surface area contributed by atoms with Crippen LogP contribution in [0.15, 0.2) is 35.5 Å². The van der Waals surface area contributed by atoms with E-state index in [2.05, 4.69) is 9.97 Å². The van der Waals surface area contributed by atoms with Gasteiger partial charge in [-0.05, 0) is 18.6 Å². The third-order valence-corrected chi connectivity index (χ3v) is 5.47. The minimum atomic E-state index is -4.05. The zero-order valence-electron chi connectivity index (χ0n) is 12.8. The summed E-state index contributed by atoms with van der Waals surface area (Å²) in [6.45, 7) is 0.0925. The van der Waals surface area contributed by atoms with Gasteiger partial charge in [0.1, 0.15) is 23.8 Å². The van der Waals surface area contributed by atoms with Gasteiger partial charge in [-0.3, -0.25) is 0 Å². The monoisotopic (exact) mass is 366 g/mol. The van der Waals surface area contributed by atoms with Gasteiger partial charge >= 0.3 is 0 Å². The summed E-state index contributed by atoms with van der Waals surface area (Å²) in [6.07, 6.45) is 2.50. The molecule has 0 aliphatic carbocycles. The van der Waals surface area contributed by atoms with Gasteiger partial charge in [0.15, 0.2) is 0 Å². The summed E-state index contributed by atoms with van der Waals surface area (Å²) in [5.74, 6) is -1.92. The quantitative estimate of drug-likeness (QED) is 0.813. The first-order valence-corrected chi connectivity index (χ1v) is 8.68. The van der Waals surface area contributed by atoms with E-state index in [0.717, 1.165) is 16.4 Å². The second kappa shape index (κ2) is 6.70. The van der Waals surface area contributed by atoms with Crippen molar-refractivity contribution in [1.29, 1.82) is 5.26 Å². The van der Waals surface area contributed by atoms with E-state index in [1.165, 1.54) is 12.4 Å². The van der Waals surface area contributed by atoms with Gasteiger partial charge < -0.3 is 4.74 Å². The highest BCUT2D eigenvalue weighted by molar-refractivity contribution is 7.89. The maximum Gasteiger partial charge on any atom is 0.251 e. The fraction of sp³-hybridized carbons (Fsp3) is 0.267. The Bertz CT molecular complexity index is 926. The molecule has 0 saturated carbocycles. The third-order valence-electron chi connectivity index (χ3n) is 3.63. The predicted molar refractivity (Wildman–Crippen MR) is 80.9 cm³/mol. The first-order valence-electron chi connectivity index (χ1n) is 7.24. The fourth-order valence-electron chi connectivity index (χ4n) is 2.48. The van der Waals surface area contributed by atoms with Crippen LogP contribution in [-0.2, 0) is 10.0 Å². The molecule has 7 nitrogen and oxygen atoms in total. The molecule has 1 unspecified atom stereocenters. The lowest BCUT2D eigenvalue weighted by Crippen LogP contribution is -2.31. The summed E-state index contributed by atoms with van der Waals surface area (Å²) in [5.41, 5.74) is -0.00370. The molecule has 2 aromatic rings. The molecule has 1 saturated heterocycles. The Morgan fingerprint density at radius 3 is 2.56 bits per heavy atom.